The Balaban J connectivity index is 1.49. The second kappa shape index (κ2) is 12.1. The van der Waals surface area contributed by atoms with Gasteiger partial charge < -0.3 is 24.3 Å². The zero-order valence-corrected chi connectivity index (χ0v) is 23.4. The maximum absolute atomic E-state index is 14.4. The first-order valence-electron chi connectivity index (χ1n) is 14.0. The minimum atomic E-state index is -4.86. The summed E-state index contributed by atoms with van der Waals surface area (Å²) in [6.07, 6.45) is -1.17. The summed E-state index contributed by atoms with van der Waals surface area (Å²) in [5.41, 5.74) is -0.277. The Morgan fingerprint density at radius 3 is 2.69 bits per heavy atom. The number of halogens is 4. The maximum atomic E-state index is 14.4. The average Bonchev–Trinajstić information content (AvgIpc) is 3.38. The number of piperazine rings is 1. The normalized spacial score (nSPS) is 21.2. The number of likely N-dealkylation sites (tertiary alicyclic amines) is 1. The van der Waals surface area contributed by atoms with Crippen molar-refractivity contribution < 1.29 is 27.1 Å². The van der Waals surface area contributed by atoms with Crippen molar-refractivity contribution in [2.45, 2.75) is 50.5 Å². The van der Waals surface area contributed by atoms with Gasteiger partial charge in [0.05, 0.1) is 36.5 Å². The van der Waals surface area contributed by atoms with E-state index in [9.17, 15) is 27.6 Å². The largest absolute Gasteiger partial charge is 0.462 e. The number of rotatable bonds is 7. The summed E-state index contributed by atoms with van der Waals surface area (Å²) in [5, 5.41) is 9.42. The predicted molar refractivity (Wildman–Crippen MR) is 147 cm³/mol. The summed E-state index contributed by atoms with van der Waals surface area (Å²) in [5.74, 6) is -0.997. The average molecular weight is 588 g/mol. The Kier molecular flexibility index (Phi) is 8.54. The first-order valence-corrected chi connectivity index (χ1v) is 14.0. The summed E-state index contributed by atoms with van der Waals surface area (Å²) in [6, 6.07) is 5.42. The van der Waals surface area contributed by atoms with Gasteiger partial charge in [0.1, 0.15) is 23.8 Å². The van der Waals surface area contributed by atoms with Crippen LogP contribution in [-0.2, 0) is 23.9 Å². The summed E-state index contributed by atoms with van der Waals surface area (Å²) in [6.45, 7) is 6.21. The number of amides is 1. The van der Waals surface area contributed by atoms with E-state index in [2.05, 4.69) is 22.5 Å². The van der Waals surface area contributed by atoms with E-state index in [-0.39, 0.29) is 43.2 Å². The van der Waals surface area contributed by atoms with Crippen LogP contribution in [0.15, 0.2) is 30.9 Å². The van der Waals surface area contributed by atoms with Crippen LogP contribution >= 0.6 is 0 Å². The number of aromatic nitrogens is 2. The number of carbonyl (C=O) groups excluding carboxylic acids is 1. The highest BCUT2D eigenvalue weighted by Crippen LogP contribution is 2.40. The number of fused-ring (bicyclic) bond motifs is 1. The van der Waals surface area contributed by atoms with Crippen LogP contribution in [0.5, 0.6) is 6.01 Å². The molecule has 1 unspecified atom stereocenters. The fraction of sp³-hybridized carbons (Fsp3) is 0.517. The predicted octanol–water partition coefficient (Wildman–Crippen LogP) is 3.79. The fourth-order valence-corrected chi connectivity index (χ4v) is 6.07. The third-order valence-electron chi connectivity index (χ3n) is 8.28. The number of likely N-dealkylation sites (N-methyl/N-ethyl adjacent to an activating group) is 1. The number of hydrogen-bond donors (Lipinski definition) is 0. The monoisotopic (exact) mass is 587 g/mol. The van der Waals surface area contributed by atoms with Gasteiger partial charge in [-0.15, -0.1) is 0 Å². The van der Waals surface area contributed by atoms with Gasteiger partial charge in [0.15, 0.2) is 0 Å². The molecule has 0 saturated carbocycles. The molecule has 2 fully saturated rings. The molecule has 1 amide bonds. The van der Waals surface area contributed by atoms with Gasteiger partial charge >= 0.3 is 12.2 Å². The van der Waals surface area contributed by atoms with Crippen LogP contribution in [0.4, 0.5) is 29.1 Å². The Hall–Kier alpha value is -3.92. The molecule has 2 saturated heterocycles. The topological polar surface area (TPSA) is 88.8 Å². The van der Waals surface area contributed by atoms with Gasteiger partial charge in [-0.3, -0.25) is 4.79 Å². The fourth-order valence-electron chi connectivity index (χ4n) is 6.07. The van der Waals surface area contributed by atoms with E-state index in [1.165, 1.54) is 23.1 Å². The van der Waals surface area contributed by atoms with Crippen LogP contribution < -0.4 is 14.5 Å². The van der Waals surface area contributed by atoms with E-state index in [0.717, 1.165) is 31.0 Å². The van der Waals surface area contributed by atoms with E-state index >= 15 is 0 Å². The van der Waals surface area contributed by atoms with Crippen molar-refractivity contribution in [1.29, 1.82) is 5.26 Å². The molecule has 5 rings (SSSR count). The molecule has 2 aromatic rings. The Bertz CT molecular complexity index is 1380. The van der Waals surface area contributed by atoms with Crippen molar-refractivity contribution in [2.75, 3.05) is 56.2 Å². The molecule has 0 bridgehead atoms. The van der Waals surface area contributed by atoms with E-state index < -0.39 is 23.6 Å². The highest BCUT2D eigenvalue weighted by Gasteiger charge is 2.40. The SMILES string of the molecule is C=CC(=O)N1CCN(c2nc(OC[C@@H]3CCCN3C)nc3c2CCN(c2cccc(F)c2C(F)(F)F)C3)CC1CC#N. The highest BCUT2D eigenvalue weighted by atomic mass is 19.4. The number of ether oxygens (including phenoxy) is 1. The minimum absolute atomic E-state index is 0.00756. The van der Waals surface area contributed by atoms with Crippen molar-refractivity contribution in [2.24, 2.45) is 0 Å². The number of alkyl halides is 3. The second-order valence-electron chi connectivity index (χ2n) is 10.8. The van der Waals surface area contributed by atoms with E-state index in [4.69, 9.17) is 9.72 Å². The molecule has 4 heterocycles. The van der Waals surface area contributed by atoms with Crippen molar-refractivity contribution in [1.82, 2.24) is 19.8 Å². The molecule has 224 valence electrons. The number of benzene rings is 1. The van der Waals surface area contributed by atoms with Crippen molar-refractivity contribution in [3.05, 3.63) is 53.5 Å². The molecule has 0 spiro atoms. The smallest absolute Gasteiger partial charge is 0.421 e. The number of carbonyl (C=O) groups is 1. The van der Waals surface area contributed by atoms with Gasteiger partial charge in [-0.2, -0.15) is 28.4 Å². The lowest BCUT2D eigenvalue weighted by atomic mass is 10.0. The van der Waals surface area contributed by atoms with Crippen LogP contribution in [0.1, 0.15) is 36.1 Å². The van der Waals surface area contributed by atoms with Gasteiger partial charge in [-0.1, -0.05) is 12.6 Å². The lowest BCUT2D eigenvalue weighted by Crippen LogP contribution is -2.55. The molecule has 9 nitrogen and oxygen atoms in total. The van der Waals surface area contributed by atoms with E-state index in [1.807, 2.05) is 11.9 Å². The molecular weight excluding hydrogens is 554 g/mol. The molecule has 2 atom stereocenters. The summed E-state index contributed by atoms with van der Waals surface area (Å²) in [7, 11) is 2.02. The van der Waals surface area contributed by atoms with Gasteiger partial charge in [0.25, 0.3) is 0 Å². The lowest BCUT2D eigenvalue weighted by Gasteiger charge is -2.42. The molecule has 0 N–H and O–H groups in total. The molecule has 0 radical (unpaired) electrons. The minimum Gasteiger partial charge on any atom is -0.462 e. The third kappa shape index (κ3) is 5.99. The first kappa shape index (κ1) is 29.6. The van der Waals surface area contributed by atoms with E-state index in [0.29, 0.717) is 44.2 Å². The summed E-state index contributed by atoms with van der Waals surface area (Å²) >= 11 is 0. The summed E-state index contributed by atoms with van der Waals surface area (Å²) < 4.78 is 62.0. The molecule has 0 aliphatic carbocycles. The first-order chi connectivity index (χ1) is 20.1. The number of nitriles is 1. The van der Waals surface area contributed by atoms with Gasteiger partial charge in [-0.05, 0) is 51.1 Å². The van der Waals surface area contributed by atoms with Gasteiger partial charge in [0.2, 0.25) is 5.91 Å². The highest BCUT2D eigenvalue weighted by molar-refractivity contribution is 5.87. The molecule has 13 heteroatoms. The number of nitrogens with zero attached hydrogens (tertiary/aromatic N) is 7. The van der Waals surface area contributed by atoms with Crippen LogP contribution in [-0.4, -0.2) is 84.1 Å². The van der Waals surface area contributed by atoms with Gasteiger partial charge in [-0.25, -0.2) is 4.39 Å². The van der Waals surface area contributed by atoms with Crippen LogP contribution in [0.3, 0.4) is 0 Å². The number of anilines is 2. The Morgan fingerprint density at radius 2 is 2.00 bits per heavy atom. The maximum Gasteiger partial charge on any atom is 0.421 e. The van der Waals surface area contributed by atoms with Crippen LogP contribution in [0, 0.1) is 17.1 Å². The Morgan fingerprint density at radius 1 is 1.19 bits per heavy atom. The number of hydrogen-bond acceptors (Lipinski definition) is 8. The van der Waals surface area contributed by atoms with Crippen molar-refractivity contribution in [3.8, 4) is 12.1 Å². The third-order valence-corrected chi connectivity index (χ3v) is 8.28. The molecule has 42 heavy (non-hydrogen) atoms. The standard InChI is InChI=1S/C29H33F4N7O2/c1-3-25(41)40-15-14-39(16-19(40)9-11-34)27-21-10-13-38(24-8-4-7-22(30)26(24)29(31,32)33)17-23(21)35-28(36-27)42-18-20-6-5-12-37(20)2/h3-4,7-8,19-20H,1,5-6,9-10,12-18H2,2H3/t19?,20-/m0/s1. The molecule has 3 aliphatic rings. The van der Waals surface area contributed by atoms with Gasteiger partial charge in [0, 0.05) is 37.8 Å². The molecule has 3 aliphatic heterocycles. The zero-order valence-electron chi connectivity index (χ0n) is 23.4. The molecule has 1 aromatic heterocycles. The second-order valence-corrected chi connectivity index (χ2v) is 10.8. The molecule has 1 aromatic carbocycles. The van der Waals surface area contributed by atoms with Crippen molar-refractivity contribution >= 4 is 17.4 Å². The Labute approximate surface area is 242 Å². The molecular formula is C29H33F4N7O2. The van der Waals surface area contributed by atoms with Crippen molar-refractivity contribution in [3.63, 3.8) is 0 Å². The zero-order chi connectivity index (χ0) is 30.0. The van der Waals surface area contributed by atoms with Crippen LogP contribution in [0.25, 0.3) is 0 Å². The van der Waals surface area contributed by atoms with Crippen LogP contribution in [0.2, 0.25) is 0 Å². The lowest BCUT2D eigenvalue weighted by molar-refractivity contribution is -0.139. The quantitative estimate of drug-likeness (QED) is 0.357. The summed E-state index contributed by atoms with van der Waals surface area (Å²) in [4.78, 5) is 29.1. The van der Waals surface area contributed by atoms with E-state index in [1.54, 1.807) is 4.90 Å².